The number of nitrogens with zero attached hydrogens (tertiary/aromatic N) is 3. The molecule has 0 saturated carbocycles. The highest BCUT2D eigenvalue weighted by Gasteiger charge is 2.29. The van der Waals surface area contributed by atoms with Gasteiger partial charge in [-0.2, -0.15) is 0 Å². The number of aliphatic hydroxyl groups is 1. The lowest BCUT2D eigenvalue weighted by atomic mass is 10.1. The minimum atomic E-state index is -0.447. The Bertz CT molecular complexity index is 551. The number of benzene rings is 1. The topological polar surface area (TPSA) is 47.0 Å². The highest BCUT2D eigenvalue weighted by atomic mass is 16.3. The van der Waals surface area contributed by atoms with E-state index in [1.54, 1.807) is 0 Å². The fourth-order valence-electron chi connectivity index (χ4n) is 4.05. The maximum atomic E-state index is 11.7. The molecule has 0 radical (unpaired) electrons. The number of amides is 1. The third-order valence-corrected chi connectivity index (χ3v) is 5.46. The molecular weight excluding hydrogens is 314 g/mol. The quantitative estimate of drug-likeness (QED) is 0.815. The van der Waals surface area contributed by atoms with Crippen molar-refractivity contribution in [2.45, 2.75) is 44.9 Å². The van der Waals surface area contributed by atoms with Gasteiger partial charge in [0, 0.05) is 58.3 Å². The van der Waals surface area contributed by atoms with Crippen LogP contribution in [0.4, 0.5) is 0 Å². The summed E-state index contributed by atoms with van der Waals surface area (Å²) < 4.78 is 0. The molecule has 3 rings (SSSR count). The summed E-state index contributed by atoms with van der Waals surface area (Å²) in [7, 11) is 0. The molecule has 0 aliphatic carbocycles. The highest BCUT2D eigenvalue weighted by Crippen LogP contribution is 2.17. The first kappa shape index (κ1) is 18.4. The number of hydrogen-bond donors (Lipinski definition) is 1. The van der Waals surface area contributed by atoms with E-state index < -0.39 is 6.10 Å². The fourth-order valence-corrected chi connectivity index (χ4v) is 4.05. The number of β-amino-alcohol motifs (C(OH)–C–C–N with tert-alkyl or cyclic N) is 1. The van der Waals surface area contributed by atoms with E-state index in [-0.39, 0.29) is 5.91 Å². The fraction of sp³-hybridized carbons (Fsp3) is 0.650. The van der Waals surface area contributed by atoms with E-state index in [1.165, 1.54) is 5.56 Å². The van der Waals surface area contributed by atoms with Gasteiger partial charge >= 0.3 is 0 Å². The molecule has 1 amide bonds. The second-order valence-electron chi connectivity index (χ2n) is 7.37. The molecule has 25 heavy (non-hydrogen) atoms. The summed E-state index contributed by atoms with van der Waals surface area (Å²) in [5, 5.41) is 10.4. The lowest BCUT2D eigenvalue weighted by Crippen LogP contribution is -2.55. The molecule has 0 aromatic heterocycles. The number of carbonyl (C=O) groups excluding carboxylic acids is 1. The molecule has 1 aromatic rings. The predicted molar refractivity (Wildman–Crippen MR) is 99.2 cm³/mol. The number of aliphatic hydroxyl groups excluding tert-OH is 1. The number of piperazine rings is 1. The van der Waals surface area contributed by atoms with Gasteiger partial charge in [-0.25, -0.2) is 0 Å². The minimum Gasteiger partial charge on any atom is -0.390 e. The van der Waals surface area contributed by atoms with Crippen LogP contribution in [0.5, 0.6) is 0 Å². The Hall–Kier alpha value is -1.43. The van der Waals surface area contributed by atoms with E-state index in [2.05, 4.69) is 47.1 Å². The van der Waals surface area contributed by atoms with Gasteiger partial charge in [0.15, 0.2) is 0 Å². The van der Waals surface area contributed by atoms with E-state index in [4.69, 9.17) is 0 Å². The second-order valence-corrected chi connectivity index (χ2v) is 7.37. The van der Waals surface area contributed by atoms with E-state index >= 15 is 0 Å². The number of rotatable bonds is 7. The SMILES string of the molecule is CC[C@@H]1CN(Cc2ccccc2)CCN1C[C@@H](O)CN1CCCC1=O. The van der Waals surface area contributed by atoms with Gasteiger partial charge in [-0.1, -0.05) is 37.3 Å². The van der Waals surface area contributed by atoms with Crippen LogP contribution in [0.1, 0.15) is 31.7 Å². The Kier molecular flexibility index (Phi) is 6.45. The monoisotopic (exact) mass is 345 g/mol. The molecule has 2 aliphatic rings. The Morgan fingerprint density at radius 1 is 1.16 bits per heavy atom. The summed E-state index contributed by atoms with van der Waals surface area (Å²) in [6.07, 6.45) is 2.21. The van der Waals surface area contributed by atoms with Gasteiger partial charge in [-0.3, -0.25) is 14.6 Å². The van der Waals surface area contributed by atoms with Crippen LogP contribution in [0.25, 0.3) is 0 Å². The van der Waals surface area contributed by atoms with Crippen molar-refractivity contribution in [3.63, 3.8) is 0 Å². The zero-order chi connectivity index (χ0) is 17.6. The van der Waals surface area contributed by atoms with Crippen molar-refractivity contribution in [2.75, 3.05) is 39.3 Å². The summed E-state index contributed by atoms with van der Waals surface area (Å²) in [5.74, 6) is 0.193. The van der Waals surface area contributed by atoms with Crippen molar-refractivity contribution in [3.05, 3.63) is 35.9 Å². The standard InChI is InChI=1S/C20H31N3O2/c1-2-18-14-21(13-17-7-4-3-5-8-17)11-12-22(18)15-19(24)16-23-10-6-9-20(23)25/h3-5,7-8,18-19,24H,2,6,9-16H2,1H3/t18-,19-/m1/s1. The summed E-state index contributed by atoms with van der Waals surface area (Å²) in [6.45, 7) is 8.23. The van der Waals surface area contributed by atoms with Gasteiger partial charge in [0.25, 0.3) is 0 Å². The first-order chi connectivity index (χ1) is 12.2. The normalized spacial score (nSPS) is 24.0. The van der Waals surface area contributed by atoms with Gasteiger partial charge in [-0.05, 0) is 18.4 Å². The lowest BCUT2D eigenvalue weighted by molar-refractivity contribution is -0.129. The molecule has 0 unspecified atom stereocenters. The van der Waals surface area contributed by atoms with Gasteiger partial charge in [-0.15, -0.1) is 0 Å². The van der Waals surface area contributed by atoms with E-state index in [1.807, 2.05) is 4.90 Å². The van der Waals surface area contributed by atoms with Crippen LogP contribution < -0.4 is 0 Å². The van der Waals surface area contributed by atoms with Gasteiger partial charge in [0.2, 0.25) is 5.91 Å². The molecule has 0 bridgehead atoms. The van der Waals surface area contributed by atoms with Crippen molar-refractivity contribution >= 4 is 5.91 Å². The molecule has 1 aromatic carbocycles. The highest BCUT2D eigenvalue weighted by molar-refractivity contribution is 5.78. The Morgan fingerprint density at radius 2 is 1.96 bits per heavy atom. The number of hydrogen-bond acceptors (Lipinski definition) is 4. The Balaban J connectivity index is 1.49. The first-order valence-corrected chi connectivity index (χ1v) is 9.62. The largest absolute Gasteiger partial charge is 0.390 e. The summed E-state index contributed by atoms with van der Waals surface area (Å²) in [6, 6.07) is 11.1. The first-order valence-electron chi connectivity index (χ1n) is 9.62. The molecule has 5 nitrogen and oxygen atoms in total. The number of likely N-dealkylation sites (tertiary alicyclic amines) is 1. The van der Waals surface area contributed by atoms with Crippen LogP contribution in [-0.4, -0.2) is 77.1 Å². The van der Waals surface area contributed by atoms with Gasteiger partial charge in [0.1, 0.15) is 0 Å². The molecule has 138 valence electrons. The van der Waals surface area contributed by atoms with Crippen molar-refractivity contribution in [3.8, 4) is 0 Å². The van der Waals surface area contributed by atoms with Crippen molar-refractivity contribution in [2.24, 2.45) is 0 Å². The summed E-state index contributed by atoms with van der Waals surface area (Å²) in [4.78, 5) is 18.5. The Labute approximate surface area is 151 Å². The van der Waals surface area contributed by atoms with E-state index in [0.29, 0.717) is 25.6 Å². The summed E-state index contributed by atoms with van der Waals surface area (Å²) >= 11 is 0. The Morgan fingerprint density at radius 3 is 2.64 bits per heavy atom. The van der Waals surface area contributed by atoms with Gasteiger partial charge < -0.3 is 10.0 Å². The van der Waals surface area contributed by atoms with Crippen molar-refractivity contribution in [1.29, 1.82) is 0 Å². The zero-order valence-electron chi connectivity index (χ0n) is 15.3. The maximum absolute atomic E-state index is 11.7. The van der Waals surface area contributed by atoms with Crippen LogP contribution in [0.2, 0.25) is 0 Å². The second kappa shape index (κ2) is 8.79. The van der Waals surface area contributed by atoms with Gasteiger partial charge in [0.05, 0.1) is 6.10 Å². The lowest BCUT2D eigenvalue weighted by Gasteiger charge is -2.42. The molecule has 1 N–H and O–H groups in total. The summed E-state index contributed by atoms with van der Waals surface area (Å²) in [5.41, 5.74) is 1.36. The third kappa shape index (κ3) is 5.03. The molecule has 0 spiro atoms. The van der Waals surface area contributed by atoms with Crippen molar-refractivity contribution in [1.82, 2.24) is 14.7 Å². The van der Waals surface area contributed by atoms with Crippen LogP contribution in [0, 0.1) is 0 Å². The maximum Gasteiger partial charge on any atom is 0.222 e. The third-order valence-electron chi connectivity index (χ3n) is 5.46. The van der Waals surface area contributed by atoms with Crippen molar-refractivity contribution < 1.29 is 9.90 Å². The van der Waals surface area contributed by atoms with Crippen LogP contribution in [0.15, 0.2) is 30.3 Å². The van der Waals surface area contributed by atoms with E-state index in [0.717, 1.165) is 45.6 Å². The smallest absolute Gasteiger partial charge is 0.222 e. The zero-order valence-corrected chi connectivity index (χ0v) is 15.3. The molecule has 2 aliphatic heterocycles. The van der Waals surface area contributed by atoms with Crippen LogP contribution in [0.3, 0.4) is 0 Å². The minimum absolute atomic E-state index is 0.193. The number of carbonyl (C=O) groups is 1. The molecule has 2 heterocycles. The van der Waals surface area contributed by atoms with Crippen LogP contribution in [-0.2, 0) is 11.3 Å². The predicted octanol–water partition coefficient (Wildman–Crippen LogP) is 1.57. The average molecular weight is 345 g/mol. The molecule has 2 fully saturated rings. The molecule has 2 saturated heterocycles. The van der Waals surface area contributed by atoms with Crippen LogP contribution >= 0.6 is 0 Å². The molecule has 2 atom stereocenters. The average Bonchev–Trinajstić information content (AvgIpc) is 3.02. The van der Waals surface area contributed by atoms with E-state index in [9.17, 15) is 9.90 Å². The molecular formula is C20H31N3O2. The molecule has 5 heteroatoms.